The quantitative estimate of drug-likeness (QED) is 0.672. The van der Waals surface area contributed by atoms with E-state index in [1.807, 2.05) is 17.7 Å². The van der Waals surface area contributed by atoms with Crippen LogP contribution in [-0.2, 0) is 13.1 Å². The zero-order chi connectivity index (χ0) is 23.5. The van der Waals surface area contributed by atoms with Gasteiger partial charge >= 0.3 is 6.03 Å². The van der Waals surface area contributed by atoms with Crippen molar-refractivity contribution in [2.45, 2.75) is 46.0 Å². The summed E-state index contributed by atoms with van der Waals surface area (Å²) in [6.45, 7) is 15.3. The first kappa shape index (κ1) is 22.8. The van der Waals surface area contributed by atoms with E-state index in [0.717, 1.165) is 48.8 Å². The molecular weight excluding hydrogens is 421 g/mol. The molecule has 0 aliphatic carbocycles. The SMILES string of the molecule is C=C(Nc1cc2n(n1)CCN(C(=O)Nc1ccnc(C(C)F)c1)C2)C1CCN(C(=C)C)CC1. The number of fused-ring (bicyclic) bond motifs is 1. The Labute approximate surface area is 194 Å². The fourth-order valence-corrected chi connectivity index (χ4v) is 4.32. The Morgan fingerprint density at radius 1 is 1.15 bits per heavy atom. The van der Waals surface area contributed by atoms with Crippen LogP contribution in [0.15, 0.2) is 48.9 Å². The molecule has 2 aromatic rings. The number of hydrogen-bond donors (Lipinski definition) is 2. The summed E-state index contributed by atoms with van der Waals surface area (Å²) < 4.78 is 15.4. The fraction of sp³-hybridized carbons (Fsp3) is 0.458. The number of nitrogens with zero attached hydrogens (tertiary/aromatic N) is 5. The summed E-state index contributed by atoms with van der Waals surface area (Å²) in [5, 5.41) is 10.9. The lowest BCUT2D eigenvalue weighted by Gasteiger charge is -2.34. The molecule has 1 unspecified atom stereocenters. The monoisotopic (exact) mass is 453 g/mol. The second kappa shape index (κ2) is 9.64. The van der Waals surface area contributed by atoms with E-state index in [1.165, 1.54) is 13.1 Å². The van der Waals surface area contributed by atoms with Gasteiger partial charge in [0.15, 0.2) is 5.82 Å². The van der Waals surface area contributed by atoms with Crippen molar-refractivity contribution < 1.29 is 9.18 Å². The van der Waals surface area contributed by atoms with E-state index in [9.17, 15) is 9.18 Å². The standard InChI is InChI=1S/C24H32FN7O/c1-16(2)30-9-6-19(7-10-30)18(4)27-23-14-21-15-31(11-12-32(21)29-23)24(33)28-20-5-8-26-22(13-20)17(3)25/h5,8,13-14,17,19H,1,4,6-7,9-12,15H2,2-3H3,(H,27,29)(H,26,28,33). The van der Waals surface area contributed by atoms with E-state index in [2.05, 4.69) is 38.8 Å². The molecule has 2 aliphatic heterocycles. The molecular formula is C24H32FN7O. The number of piperidine rings is 1. The number of urea groups is 1. The highest BCUT2D eigenvalue weighted by Crippen LogP contribution is 2.27. The van der Waals surface area contributed by atoms with Crippen molar-refractivity contribution in [1.29, 1.82) is 0 Å². The maximum absolute atomic E-state index is 13.5. The predicted octanol–water partition coefficient (Wildman–Crippen LogP) is 4.53. The van der Waals surface area contributed by atoms with Crippen LogP contribution in [0.4, 0.5) is 20.7 Å². The van der Waals surface area contributed by atoms with Gasteiger partial charge in [-0.1, -0.05) is 13.2 Å². The maximum Gasteiger partial charge on any atom is 0.322 e. The number of rotatable bonds is 6. The number of carbonyl (C=O) groups is 1. The first-order chi connectivity index (χ1) is 15.8. The molecule has 8 nitrogen and oxygen atoms in total. The Kier molecular flexibility index (Phi) is 6.67. The lowest BCUT2D eigenvalue weighted by Crippen LogP contribution is -2.40. The summed E-state index contributed by atoms with van der Waals surface area (Å²) in [5.41, 5.74) is 3.88. The number of amides is 2. The number of anilines is 2. The van der Waals surface area contributed by atoms with Gasteiger partial charge in [-0.05, 0) is 38.8 Å². The number of pyridine rings is 1. The smallest absolute Gasteiger partial charge is 0.322 e. The Morgan fingerprint density at radius 2 is 1.91 bits per heavy atom. The number of carbonyl (C=O) groups excluding carboxylic acids is 1. The topological polar surface area (TPSA) is 78.3 Å². The zero-order valence-corrected chi connectivity index (χ0v) is 19.4. The van der Waals surface area contributed by atoms with E-state index in [1.54, 1.807) is 17.0 Å². The fourth-order valence-electron chi connectivity index (χ4n) is 4.32. The molecule has 9 heteroatoms. The summed E-state index contributed by atoms with van der Waals surface area (Å²) in [5.74, 6) is 1.16. The highest BCUT2D eigenvalue weighted by Gasteiger charge is 2.25. The molecule has 4 heterocycles. The highest BCUT2D eigenvalue weighted by molar-refractivity contribution is 5.89. The summed E-state index contributed by atoms with van der Waals surface area (Å²) in [6.07, 6.45) is 2.39. The largest absolute Gasteiger partial charge is 0.375 e. The first-order valence-corrected chi connectivity index (χ1v) is 11.4. The Bertz CT molecular complexity index is 1040. The van der Waals surface area contributed by atoms with Gasteiger partial charge in [-0.15, -0.1) is 0 Å². The number of nitrogens with one attached hydrogen (secondary N) is 2. The molecule has 1 fully saturated rings. The number of hydrogen-bond acceptors (Lipinski definition) is 5. The van der Waals surface area contributed by atoms with Crippen molar-refractivity contribution >= 4 is 17.5 Å². The van der Waals surface area contributed by atoms with Gasteiger partial charge in [0, 0.05) is 54.9 Å². The molecule has 33 heavy (non-hydrogen) atoms. The third-order valence-electron chi connectivity index (χ3n) is 6.34. The number of alkyl halides is 1. The van der Waals surface area contributed by atoms with Gasteiger partial charge in [-0.25, -0.2) is 9.18 Å². The van der Waals surface area contributed by atoms with E-state index in [4.69, 9.17) is 0 Å². The molecule has 2 amide bonds. The van der Waals surface area contributed by atoms with E-state index in [0.29, 0.717) is 36.9 Å². The summed E-state index contributed by atoms with van der Waals surface area (Å²) in [6, 6.07) is 4.97. The van der Waals surface area contributed by atoms with Crippen LogP contribution < -0.4 is 10.6 Å². The Balaban J connectivity index is 1.33. The van der Waals surface area contributed by atoms with Gasteiger partial charge in [0.1, 0.15) is 6.17 Å². The Hall–Kier alpha value is -3.36. The van der Waals surface area contributed by atoms with Gasteiger partial charge in [0.25, 0.3) is 0 Å². The molecule has 2 aromatic heterocycles. The molecule has 0 bridgehead atoms. The molecule has 0 saturated carbocycles. The van der Waals surface area contributed by atoms with E-state index >= 15 is 0 Å². The van der Waals surface area contributed by atoms with Crippen LogP contribution in [0.3, 0.4) is 0 Å². The number of likely N-dealkylation sites (tertiary alicyclic amines) is 1. The molecule has 1 atom stereocenters. The normalized spacial score (nSPS) is 17.3. The van der Waals surface area contributed by atoms with Gasteiger partial charge < -0.3 is 20.4 Å². The second-order valence-electron chi connectivity index (χ2n) is 8.83. The van der Waals surface area contributed by atoms with Crippen LogP contribution in [0.5, 0.6) is 0 Å². The second-order valence-corrected chi connectivity index (χ2v) is 8.83. The first-order valence-electron chi connectivity index (χ1n) is 11.4. The molecule has 0 radical (unpaired) electrons. The van der Waals surface area contributed by atoms with Crippen molar-refractivity contribution in [3.05, 3.63) is 60.3 Å². The van der Waals surface area contributed by atoms with Crippen LogP contribution in [0.2, 0.25) is 0 Å². The minimum Gasteiger partial charge on any atom is -0.375 e. The van der Waals surface area contributed by atoms with Gasteiger partial charge in [0.05, 0.1) is 24.5 Å². The minimum atomic E-state index is -1.19. The summed E-state index contributed by atoms with van der Waals surface area (Å²) >= 11 is 0. The summed E-state index contributed by atoms with van der Waals surface area (Å²) in [4.78, 5) is 20.8. The van der Waals surface area contributed by atoms with Crippen molar-refractivity contribution in [3.63, 3.8) is 0 Å². The van der Waals surface area contributed by atoms with Gasteiger partial charge in [-0.2, -0.15) is 5.10 Å². The van der Waals surface area contributed by atoms with Crippen LogP contribution in [0.25, 0.3) is 0 Å². The van der Waals surface area contributed by atoms with Crippen molar-refractivity contribution in [2.75, 3.05) is 30.3 Å². The van der Waals surface area contributed by atoms with Crippen LogP contribution in [-0.4, -0.2) is 50.2 Å². The lowest BCUT2D eigenvalue weighted by molar-refractivity contribution is 0.194. The Morgan fingerprint density at radius 3 is 2.61 bits per heavy atom. The van der Waals surface area contributed by atoms with E-state index < -0.39 is 6.17 Å². The van der Waals surface area contributed by atoms with Crippen molar-refractivity contribution in [2.24, 2.45) is 5.92 Å². The predicted molar refractivity (Wildman–Crippen MR) is 127 cm³/mol. The van der Waals surface area contributed by atoms with Crippen LogP contribution >= 0.6 is 0 Å². The molecule has 2 N–H and O–H groups in total. The average molecular weight is 454 g/mol. The lowest BCUT2D eigenvalue weighted by atomic mass is 9.94. The van der Waals surface area contributed by atoms with Crippen molar-refractivity contribution in [3.8, 4) is 0 Å². The molecule has 0 aromatic carbocycles. The highest BCUT2D eigenvalue weighted by atomic mass is 19.1. The molecule has 4 rings (SSSR count). The number of halogens is 1. The third kappa shape index (κ3) is 5.35. The zero-order valence-electron chi connectivity index (χ0n) is 19.4. The molecule has 1 saturated heterocycles. The van der Waals surface area contributed by atoms with Crippen LogP contribution in [0.1, 0.15) is 44.2 Å². The summed E-state index contributed by atoms with van der Waals surface area (Å²) in [7, 11) is 0. The average Bonchev–Trinajstić information content (AvgIpc) is 3.20. The van der Waals surface area contributed by atoms with Crippen molar-refractivity contribution in [1.82, 2.24) is 24.6 Å². The van der Waals surface area contributed by atoms with Gasteiger partial charge in [-0.3, -0.25) is 9.67 Å². The molecule has 0 spiro atoms. The van der Waals surface area contributed by atoms with E-state index in [-0.39, 0.29) is 6.03 Å². The molecule has 2 aliphatic rings. The van der Waals surface area contributed by atoms with Crippen LogP contribution in [0, 0.1) is 5.92 Å². The number of aromatic nitrogens is 3. The van der Waals surface area contributed by atoms with Gasteiger partial charge in [0.2, 0.25) is 0 Å². The third-order valence-corrected chi connectivity index (χ3v) is 6.34. The molecule has 176 valence electrons. The number of allylic oxidation sites excluding steroid dienone is 2. The minimum absolute atomic E-state index is 0.227. The maximum atomic E-state index is 13.5.